The third kappa shape index (κ3) is 2.29. The van der Waals surface area contributed by atoms with E-state index in [1.165, 1.54) is 28.3 Å². The van der Waals surface area contributed by atoms with Gasteiger partial charge in [-0.3, -0.25) is 0 Å². The molecular formula is C21H17N3. The van der Waals surface area contributed by atoms with Crippen LogP contribution in [-0.2, 0) is 6.54 Å². The quantitative estimate of drug-likeness (QED) is 0.669. The number of anilines is 4. The lowest BCUT2D eigenvalue weighted by atomic mass is 10.1. The fourth-order valence-corrected chi connectivity index (χ4v) is 3.25. The minimum Gasteiger partial charge on any atom is -0.341 e. The van der Waals surface area contributed by atoms with Crippen molar-refractivity contribution in [1.29, 1.82) is 5.26 Å². The highest BCUT2D eigenvalue weighted by molar-refractivity contribution is 5.92. The van der Waals surface area contributed by atoms with Crippen molar-refractivity contribution in [3.8, 4) is 6.07 Å². The van der Waals surface area contributed by atoms with Crippen LogP contribution in [0.3, 0.4) is 0 Å². The molecule has 0 fully saturated rings. The van der Waals surface area contributed by atoms with Gasteiger partial charge in [0.25, 0.3) is 0 Å². The molecule has 1 aliphatic rings. The molecule has 0 saturated carbocycles. The molecule has 0 amide bonds. The monoisotopic (exact) mass is 311 g/mol. The molecule has 0 radical (unpaired) electrons. The number of nitriles is 1. The van der Waals surface area contributed by atoms with E-state index in [0.29, 0.717) is 5.56 Å². The molecule has 0 spiro atoms. The standard InChI is InChI=1S/C21H17N3/c1-23-18-6-2-4-8-20(18)24(21-9-5-3-7-19(21)23)15-17-12-10-16(14-22)11-13-17/h2-13H,15H2,1H3. The molecule has 1 heterocycles. The maximum Gasteiger partial charge on any atom is 0.0991 e. The number of hydrogen-bond donors (Lipinski definition) is 0. The Labute approximate surface area is 142 Å². The van der Waals surface area contributed by atoms with Gasteiger partial charge in [-0.05, 0) is 42.0 Å². The summed E-state index contributed by atoms with van der Waals surface area (Å²) >= 11 is 0. The molecule has 0 atom stereocenters. The number of rotatable bonds is 2. The van der Waals surface area contributed by atoms with Crippen molar-refractivity contribution in [2.45, 2.75) is 6.54 Å². The van der Waals surface area contributed by atoms with Crippen molar-refractivity contribution in [2.24, 2.45) is 0 Å². The van der Waals surface area contributed by atoms with E-state index < -0.39 is 0 Å². The first-order valence-electron chi connectivity index (χ1n) is 7.96. The Morgan fingerprint density at radius 2 is 1.25 bits per heavy atom. The Morgan fingerprint density at radius 1 is 0.750 bits per heavy atom. The van der Waals surface area contributed by atoms with E-state index in [-0.39, 0.29) is 0 Å². The van der Waals surface area contributed by atoms with Gasteiger partial charge in [0.2, 0.25) is 0 Å². The van der Waals surface area contributed by atoms with Crippen LogP contribution in [0.2, 0.25) is 0 Å². The van der Waals surface area contributed by atoms with E-state index in [2.05, 4.69) is 71.4 Å². The molecule has 3 aromatic carbocycles. The van der Waals surface area contributed by atoms with Gasteiger partial charge >= 0.3 is 0 Å². The van der Waals surface area contributed by atoms with Crippen LogP contribution < -0.4 is 9.80 Å². The average molecular weight is 311 g/mol. The molecule has 0 unspecified atom stereocenters. The Morgan fingerprint density at radius 3 is 1.75 bits per heavy atom. The van der Waals surface area contributed by atoms with Crippen molar-refractivity contribution in [3.63, 3.8) is 0 Å². The van der Waals surface area contributed by atoms with Crippen molar-refractivity contribution in [2.75, 3.05) is 16.8 Å². The van der Waals surface area contributed by atoms with Gasteiger partial charge in [-0.15, -0.1) is 0 Å². The smallest absolute Gasteiger partial charge is 0.0991 e. The number of nitrogens with zero attached hydrogens (tertiary/aromatic N) is 3. The molecule has 0 aliphatic carbocycles. The van der Waals surface area contributed by atoms with Gasteiger partial charge in [0.05, 0.1) is 34.4 Å². The van der Waals surface area contributed by atoms with E-state index in [0.717, 1.165) is 6.54 Å². The van der Waals surface area contributed by atoms with Crippen LogP contribution in [0.5, 0.6) is 0 Å². The summed E-state index contributed by atoms with van der Waals surface area (Å²) in [5, 5.41) is 8.97. The third-order valence-electron chi connectivity index (χ3n) is 4.49. The second kappa shape index (κ2) is 5.75. The van der Waals surface area contributed by atoms with Gasteiger partial charge < -0.3 is 9.80 Å². The maximum absolute atomic E-state index is 8.97. The molecule has 0 N–H and O–H groups in total. The third-order valence-corrected chi connectivity index (χ3v) is 4.49. The van der Waals surface area contributed by atoms with Crippen molar-refractivity contribution >= 4 is 22.7 Å². The van der Waals surface area contributed by atoms with E-state index in [1.807, 2.05) is 24.3 Å². The van der Waals surface area contributed by atoms with Crippen LogP contribution >= 0.6 is 0 Å². The van der Waals surface area contributed by atoms with Crippen LogP contribution in [0.25, 0.3) is 0 Å². The van der Waals surface area contributed by atoms with Gasteiger partial charge in [-0.2, -0.15) is 5.26 Å². The van der Waals surface area contributed by atoms with Crippen LogP contribution in [0.4, 0.5) is 22.7 Å². The van der Waals surface area contributed by atoms with Crippen molar-refractivity contribution in [3.05, 3.63) is 83.9 Å². The van der Waals surface area contributed by atoms with Gasteiger partial charge in [0.15, 0.2) is 0 Å². The number of hydrogen-bond acceptors (Lipinski definition) is 3. The molecular weight excluding hydrogens is 294 g/mol. The number of para-hydroxylation sites is 4. The molecule has 3 heteroatoms. The zero-order valence-electron chi connectivity index (χ0n) is 13.5. The molecule has 0 aromatic heterocycles. The first-order chi connectivity index (χ1) is 11.8. The van der Waals surface area contributed by atoms with Crippen LogP contribution in [0.1, 0.15) is 11.1 Å². The number of benzene rings is 3. The highest BCUT2D eigenvalue weighted by Crippen LogP contribution is 2.47. The Balaban J connectivity index is 1.80. The normalized spacial score (nSPS) is 12.3. The van der Waals surface area contributed by atoms with Gasteiger partial charge in [0.1, 0.15) is 0 Å². The summed E-state index contributed by atoms with van der Waals surface area (Å²) in [4.78, 5) is 4.58. The minimum atomic E-state index is 0.693. The first-order valence-corrected chi connectivity index (χ1v) is 7.96. The second-order valence-corrected chi connectivity index (χ2v) is 5.93. The molecule has 116 valence electrons. The molecule has 0 saturated heterocycles. The number of fused-ring (bicyclic) bond motifs is 2. The molecule has 3 nitrogen and oxygen atoms in total. The summed E-state index contributed by atoms with van der Waals surface area (Å²) in [6, 6.07) is 26.9. The molecule has 3 aromatic rings. The topological polar surface area (TPSA) is 30.3 Å². The molecule has 0 bridgehead atoms. The highest BCUT2D eigenvalue weighted by Gasteiger charge is 2.25. The van der Waals surface area contributed by atoms with E-state index in [9.17, 15) is 0 Å². The van der Waals surface area contributed by atoms with Crippen molar-refractivity contribution in [1.82, 2.24) is 0 Å². The second-order valence-electron chi connectivity index (χ2n) is 5.93. The Hall–Kier alpha value is -3.25. The summed E-state index contributed by atoms with van der Waals surface area (Å²) in [5.74, 6) is 0. The summed E-state index contributed by atoms with van der Waals surface area (Å²) in [6.07, 6.45) is 0. The largest absolute Gasteiger partial charge is 0.341 e. The minimum absolute atomic E-state index is 0.693. The zero-order chi connectivity index (χ0) is 16.5. The lowest BCUT2D eigenvalue weighted by Gasteiger charge is -2.38. The summed E-state index contributed by atoms with van der Waals surface area (Å²) in [5.41, 5.74) is 6.67. The summed E-state index contributed by atoms with van der Waals surface area (Å²) in [7, 11) is 2.11. The van der Waals surface area contributed by atoms with E-state index in [1.54, 1.807) is 0 Å². The van der Waals surface area contributed by atoms with E-state index in [4.69, 9.17) is 5.26 Å². The van der Waals surface area contributed by atoms with Gasteiger partial charge in [-0.1, -0.05) is 36.4 Å². The Bertz CT molecular complexity index is 875. The van der Waals surface area contributed by atoms with Crippen molar-refractivity contribution < 1.29 is 0 Å². The summed E-state index contributed by atoms with van der Waals surface area (Å²) in [6.45, 7) is 0.771. The predicted octanol–water partition coefficient (Wildman–Crippen LogP) is 4.98. The maximum atomic E-state index is 8.97. The van der Waals surface area contributed by atoms with E-state index >= 15 is 0 Å². The average Bonchev–Trinajstić information content (AvgIpc) is 2.65. The fraction of sp³-hybridized carbons (Fsp3) is 0.0952. The highest BCUT2D eigenvalue weighted by atomic mass is 15.3. The van der Waals surface area contributed by atoms with Crippen LogP contribution in [0, 0.1) is 11.3 Å². The molecule has 4 rings (SSSR count). The predicted molar refractivity (Wildman–Crippen MR) is 97.9 cm³/mol. The fourth-order valence-electron chi connectivity index (χ4n) is 3.25. The Kier molecular flexibility index (Phi) is 3.44. The lowest BCUT2D eigenvalue weighted by Crippen LogP contribution is -2.26. The SMILES string of the molecule is CN1c2ccccc2N(Cc2ccc(C#N)cc2)c2ccccc21. The molecule has 24 heavy (non-hydrogen) atoms. The molecule has 1 aliphatic heterocycles. The van der Waals surface area contributed by atoms with Crippen LogP contribution in [-0.4, -0.2) is 7.05 Å². The van der Waals surface area contributed by atoms with Gasteiger partial charge in [-0.25, -0.2) is 0 Å². The zero-order valence-corrected chi connectivity index (χ0v) is 13.5. The van der Waals surface area contributed by atoms with Crippen LogP contribution in [0.15, 0.2) is 72.8 Å². The van der Waals surface area contributed by atoms with Gasteiger partial charge in [0, 0.05) is 13.6 Å². The summed E-state index contributed by atoms with van der Waals surface area (Å²) < 4.78 is 0. The lowest BCUT2D eigenvalue weighted by molar-refractivity contribution is 0.949. The first kappa shape index (κ1) is 14.3.